The summed E-state index contributed by atoms with van der Waals surface area (Å²) in [7, 11) is 0. The van der Waals surface area contributed by atoms with E-state index in [1.807, 2.05) is 25.1 Å². The van der Waals surface area contributed by atoms with E-state index in [0.29, 0.717) is 6.54 Å². The first-order valence-electron chi connectivity index (χ1n) is 5.88. The van der Waals surface area contributed by atoms with Crippen LogP contribution in [0.5, 0.6) is 0 Å². The zero-order chi connectivity index (χ0) is 12.5. The smallest absolute Gasteiger partial charge is 0.0794 e. The molecule has 0 aliphatic carbocycles. The highest BCUT2D eigenvalue weighted by molar-refractivity contribution is 9.10. The monoisotopic (exact) mass is 299 g/mol. The van der Waals surface area contributed by atoms with E-state index in [9.17, 15) is 5.11 Å². The van der Waals surface area contributed by atoms with E-state index < -0.39 is 5.60 Å². The van der Waals surface area contributed by atoms with Crippen LogP contribution in [0.3, 0.4) is 0 Å². The van der Waals surface area contributed by atoms with Crippen LogP contribution < -0.4 is 4.90 Å². The number of rotatable bonds is 2. The largest absolute Gasteiger partial charge is 0.392 e. The molecule has 1 fully saturated rings. The van der Waals surface area contributed by atoms with Crippen molar-refractivity contribution in [2.75, 3.05) is 18.0 Å². The Kier molecular flexibility index (Phi) is 3.76. The molecule has 0 amide bonds. The number of hydrogen-bond acceptors (Lipinski definition) is 3. The van der Waals surface area contributed by atoms with Gasteiger partial charge in [0, 0.05) is 17.6 Å². The van der Waals surface area contributed by atoms with Crippen molar-refractivity contribution in [2.45, 2.75) is 32.0 Å². The molecule has 0 radical (unpaired) electrons. The summed E-state index contributed by atoms with van der Waals surface area (Å²) in [5.41, 5.74) is 1.37. The first-order valence-corrected chi connectivity index (χ1v) is 6.68. The van der Waals surface area contributed by atoms with E-state index in [2.05, 4.69) is 20.8 Å². The summed E-state index contributed by atoms with van der Waals surface area (Å²) in [6.45, 7) is 3.56. The van der Waals surface area contributed by atoms with Crippen molar-refractivity contribution in [3.63, 3.8) is 0 Å². The Labute approximate surface area is 110 Å². The molecule has 0 bridgehead atoms. The van der Waals surface area contributed by atoms with Crippen LogP contribution in [-0.2, 0) is 6.61 Å². The van der Waals surface area contributed by atoms with Gasteiger partial charge in [-0.25, -0.2) is 0 Å². The Bertz CT molecular complexity index is 406. The maximum absolute atomic E-state index is 10.1. The fraction of sp³-hybridized carbons (Fsp3) is 0.538. The Hall–Kier alpha value is -0.580. The number of piperidine rings is 1. The third-order valence-electron chi connectivity index (χ3n) is 3.21. The van der Waals surface area contributed by atoms with Crippen LogP contribution in [0.1, 0.15) is 25.3 Å². The lowest BCUT2D eigenvalue weighted by atomic mass is 9.95. The number of nitrogens with zero attached hydrogens (tertiary/aromatic N) is 1. The lowest BCUT2D eigenvalue weighted by Crippen LogP contribution is -2.46. The van der Waals surface area contributed by atoms with Gasteiger partial charge in [-0.2, -0.15) is 0 Å². The van der Waals surface area contributed by atoms with Gasteiger partial charge in [0.25, 0.3) is 0 Å². The van der Waals surface area contributed by atoms with Crippen molar-refractivity contribution in [3.8, 4) is 0 Å². The van der Waals surface area contributed by atoms with Crippen LogP contribution in [0.15, 0.2) is 22.7 Å². The third kappa shape index (κ3) is 3.00. The summed E-state index contributed by atoms with van der Waals surface area (Å²) in [6.07, 6.45) is 1.86. The highest BCUT2D eigenvalue weighted by Crippen LogP contribution is 2.32. The maximum atomic E-state index is 10.1. The van der Waals surface area contributed by atoms with Crippen molar-refractivity contribution < 1.29 is 10.2 Å². The quantitative estimate of drug-likeness (QED) is 0.881. The SMILES string of the molecule is CC1(O)CCCN(c2ccc(CO)cc2Br)C1. The summed E-state index contributed by atoms with van der Waals surface area (Å²) >= 11 is 3.53. The van der Waals surface area contributed by atoms with E-state index in [4.69, 9.17) is 5.11 Å². The summed E-state index contributed by atoms with van der Waals surface area (Å²) < 4.78 is 0.974. The Balaban J connectivity index is 2.22. The molecule has 0 aromatic heterocycles. The van der Waals surface area contributed by atoms with Crippen LogP contribution in [0.4, 0.5) is 5.69 Å². The molecule has 1 heterocycles. The van der Waals surface area contributed by atoms with Gasteiger partial charge >= 0.3 is 0 Å². The standard InChI is InChI=1S/C13H18BrNO2/c1-13(17)5-2-6-15(9-13)12-4-3-10(8-16)7-11(12)14/h3-4,7,16-17H,2,5-6,8-9H2,1H3. The molecule has 4 heteroatoms. The highest BCUT2D eigenvalue weighted by atomic mass is 79.9. The predicted molar refractivity (Wildman–Crippen MR) is 72.1 cm³/mol. The fourth-order valence-electron chi connectivity index (χ4n) is 2.33. The first kappa shape index (κ1) is 12.9. The van der Waals surface area contributed by atoms with Crippen LogP contribution in [-0.4, -0.2) is 28.9 Å². The predicted octanol–water partition coefficient (Wildman–Crippen LogP) is 2.29. The van der Waals surface area contributed by atoms with Gasteiger partial charge < -0.3 is 15.1 Å². The molecule has 2 N–H and O–H groups in total. The molecule has 1 saturated heterocycles. The molecule has 1 aromatic rings. The number of hydrogen-bond donors (Lipinski definition) is 2. The van der Waals surface area contributed by atoms with Crippen LogP contribution >= 0.6 is 15.9 Å². The normalized spacial score (nSPS) is 25.1. The van der Waals surface area contributed by atoms with Crippen molar-refractivity contribution in [1.82, 2.24) is 0 Å². The van der Waals surface area contributed by atoms with E-state index in [0.717, 1.165) is 35.1 Å². The van der Waals surface area contributed by atoms with Crippen molar-refractivity contribution in [1.29, 1.82) is 0 Å². The van der Waals surface area contributed by atoms with Gasteiger partial charge in [-0.05, 0) is 53.4 Å². The van der Waals surface area contributed by atoms with Gasteiger partial charge in [0.2, 0.25) is 0 Å². The minimum Gasteiger partial charge on any atom is -0.392 e. The molecule has 0 saturated carbocycles. The third-order valence-corrected chi connectivity index (χ3v) is 3.85. The molecule has 17 heavy (non-hydrogen) atoms. The average Bonchev–Trinajstić information content (AvgIpc) is 2.27. The average molecular weight is 300 g/mol. The molecule has 1 aliphatic rings. The van der Waals surface area contributed by atoms with Crippen molar-refractivity contribution in [3.05, 3.63) is 28.2 Å². The van der Waals surface area contributed by atoms with Gasteiger partial charge in [-0.1, -0.05) is 6.07 Å². The number of benzene rings is 1. The zero-order valence-corrected chi connectivity index (χ0v) is 11.6. The van der Waals surface area contributed by atoms with E-state index in [1.54, 1.807) is 0 Å². The Morgan fingerprint density at radius 2 is 2.24 bits per heavy atom. The molecular formula is C13H18BrNO2. The second-order valence-corrected chi connectivity index (χ2v) is 5.82. The Morgan fingerprint density at radius 1 is 1.47 bits per heavy atom. The molecule has 1 aliphatic heterocycles. The fourth-order valence-corrected chi connectivity index (χ4v) is 3.01. The lowest BCUT2D eigenvalue weighted by Gasteiger charge is -2.38. The van der Waals surface area contributed by atoms with Gasteiger partial charge in [0.15, 0.2) is 0 Å². The number of aliphatic hydroxyl groups is 2. The molecule has 94 valence electrons. The lowest BCUT2D eigenvalue weighted by molar-refractivity contribution is 0.0449. The van der Waals surface area contributed by atoms with E-state index >= 15 is 0 Å². The highest BCUT2D eigenvalue weighted by Gasteiger charge is 2.29. The number of halogens is 1. The summed E-state index contributed by atoms with van der Waals surface area (Å²) in [4.78, 5) is 2.19. The topological polar surface area (TPSA) is 43.7 Å². The molecular weight excluding hydrogens is 282 g/mol. The van der Waals surface area contributed by atoms with Crippen molar-refractivity contribution in [2.24, 2.45) is 0 Å². The van der Waals surface area contributed by atoms with Gasteiger partial charge in [-0.15, -0.1) is 0 Å². The second-order valence-electron chi connectivity index (χ2n) is 4.97. The first-order chi connectivity index (χ1) is 8.02. The van der Waals surface area contributed by atoms with Crippen LogP contribution in [0.2, 0.25) is 0 Å². The summed E-state index contributed by atoms with van der Waals surface area (Å²) in [6, 6.07) is 5.85. The molecule has 2 rings (SSSR count). The molecule has 1 unspecified atom stereocenters. The Morgan fingerprint density at radius 3 is 2.82 bits per heavy atom. The van der Waals surface area contributed by atoms with Crippen LogP contribution in [0, 0.1) is 0 Å². The van der Waals surface area contributed by atoms with Crippen molar-refractivity contribution >= 4 is 21.6 Å². The van der Waals surface area contributed by atoms with Gasteiger partial charge in [0.05, 0.1) is 17.9 Å². The zero-order valence-electron chi connectivity index (χ0n) is 9.99. The molecule has 3 nitrogen and oxygen atoms in total. The minimum atomic E-state index is -0.604. The summed E-state index contributed by atoms with van der Waals surface area (Å²) in [5, 5.41) is 19.2. The van der Waals surface area contributed by atoms with E-state index in [-0.39, 0.29) is 6.61 Å². The second kappa shape index (κ2) is 4.96. The minimum absolute atomic E-state index is 0.0522. The van der Waals surface area contributed by atoms with Crippen LogP contribution in [0.25, 0.3) is 0 Å². The molecule has 1 aromatic carbocycles. The van der Waals surface area contributed by atoms with Gasteiger partial charge in [-0.3, -0.25) is 0 Å². The number of aliphatic hydroxyl groups excluding tert-OH is 1. The molecule has 1 atom stereocenters. The van der Waals surface area contributed by atoms with Gasteiger partial charge in [0.1, 0.15) is 0 Å². The molecule has 0 spiro atoms. The maximum Gasteiger partial charge on any atom is 0.0794 e. The van der Waals surface area contributed by atoms with E-state index in [1.165, 1.54) is 0 Å². The number of anilines is 1. The number of β-amino-alcohol motifs (C(OH)–C–C–N with tert-alkyl or cyclic N) is 1. The summed E-state index contributed by atoms with van der Waals surface area (Å²) in [5.74, 6) is 0.